The summed E-state index contributed by atoms with van der Waals surface area (Å²) >= 11 is 5.71. The Kier molecular flexibility index (Phi) is 10.4. The first kappa shape index (κ1) is 18.6. The Hall–Kier alpha value is 0.570. The molecule has 0 radical (unpaired) electrons. The summed E-state index contributed by atoms with van der Waals surface area (Å²) < 4.78 is 1.20. The van der Waals surface area contributed by atoms with Crippen molar-refractivity contribution in [3.8, 4) is 0 Å². The van der Waals surface area contributed by atoms with E-state index in [0.717, 1.165) is 24.3 Å². The lowest BCUT2D eigenvalue weighted by atomic mass is 10.3. The fourth-order valence-corrected chi connectivity index (χ4v) is 5.29. The van der Waals surface area contributed by atoms with Crippen LogP contribution in [0.5, 0.6) is 0 Å². The van der Waals surface area contributed by atoms with Gasteiger partial charge in [-0.2, -0.15) is 0 Å². The van der Waals surface area contributed by atoms with Gasteiger partial charge < -0.3 is 0 Å². The van der Waals surface area contributed by atoms with Crippen molar-refractivity contribution in [2.75, 3.05) is 15.9 Å². The highest BCUT2D eigenvalue weighted by atomic mass is 127. The fraction of sp³-hybridized carbons (Fsp3) is 0.857. The van der Waals surface area contributed by atoms with E-state index in [1.54, 1.807) is 23.5 Å². The Labute approximate surface area is 144 Å². The van der Waals surface area contributed by atoms with Crippen LogP contribution in [0, 0.1) is 0 Å². The van der Waals surface area contributed by atoms with Crippen LogP contribution in [0.2, 0.25) is 0 Å². The minimum atomic E-state index is -0.172. The molecule has 1 aliphatic rings. The van der Waals surface area contributed by atoms with Crippen molar-refractivity contribution >= 4 is 57.9 Å². The van der Waals surface area contributed by atoms with E-state index in [4.69, 9.17) is 0 Å². The monoisotopic (exact) mass is 429 g/mol. The zero-order valence-electron chi connectivity index (χ0n) is 12.0. The van der Waals surface area contributed by atoms with Gasteiger partial charge in [-0.3, -0.25) is 14.9 Å². The van der Waals surface area contributed by atoms with Crippen LogP contribution in [0.25, 0.3) is 0 Å². The Bertz CT molecular complexity index is 316. The number of imide groups is 1. The topological polar surface area (TPSA) is 46.2 Å². The molecule has 116 valence electrons. The van der Waals surface area contributed by atoms with Gasteiger partial charge in [0.25, 0.3) is 0 Å². The Morgan fingerprint density at radius 1 is 0.950 bits per heavy atom. The smallest absolute Gasteiger partial charge is 0.241 e. The number of halogens is 1. The average Bonchev–Trinajstić information content (AvgIpc) is 2.69. The van der Waals surface area contributed by atoms with Crippen LogP contribution in [0.15, 0.2) is 0 Å². The van der Waals surface area contributed by atoms with Gasteiger partial charge in [0.2, 0.25) is 11.8 Å². The van der Waals surface area contributed by atoms with Crippen LogP contribution in [0.1, 0.15) is 45.4 Å². The molecule has 0 aromatic rings. The zero-order valence-corrected chi connectivity index (χ0v) is 15.8. The third-order valence-electron chi connectivity index (χ3n) is 3.16. The molecule has 6 heteroatoms. The number of carbonyl (C=O) groups excluding carboxylic acids is 2. The van der Waals surface area contributed by atoms with E-state index in [0.29, 0.717) is 0 Å². The van der Waals surface area contributed by atoms with Crippen LogP contribution >= 0.6 is 46.1 Å². The van der Waals surface area contributed by atoms with E-state index in [2.05, 4.69) is 34.8 Å². The number of thioether (sulfide) groups is 2. The molecule has 1 saturated heterocycles. The predicted molar refractivity (Wildman–Crippen MR) is 97.9 cm³/mol. The van der Waals surface area contributed by atoms with E-state index in [9.17, 15) is 9.59 Å². The lowest BCUT2D eigenvalue weighted by molar-refractivity contribution is -0.124. The van der Waals surface area contributed by atoms with E-state index >= 15 is 0 Å². The summed E-state index contributed by atoms with van der Waals surface area (Å²) in [6, 6.07) is 0. The summed E-state index contributed by atoms with van der Waals surface area (Å²) in [5.41, 5.74) is 0. The lowest BCUT2D eigenvalue weighted by Gasteiger charge is -2.14. The third kappa shape index (κ3) is 6.56. The van der Waals surface area contributed by atoms with Gasteiger partial charge in [-0.1, -0.05) is 48.8 Å². The molecule has 2 unspecified atom stereocenters. The van der Waals surface area contributed by atoms with Crippen LogP contribution in [0.3, 0.4) is 0 Å². The molecule has 0 bridgehead atoms. The molecular formula is C14H24INO2S2. The number of hydrogen-bond donors (Lipinski definition) is 1. The maximum absolute atomic E-state index is 11.8. The van der Waals surface area contributed by atoms with E-state index < -0.39 is 0 Å². The summed E-state index contributed by atoms with van der Waals surface area (Å²) in [5, 5.41) is 2.14. The fourth-order valence-electron chi connectivity index (χ4n) is 2.01. The molecular weight excluding hydrogens is 405 g/mol. The van der Waals surface area contributed by atoms with Crippen molar-refractivity contribution in [3.63, 3.8) is 0 Å². The molecule has 1 aliphatic heterocycles. The number of alkyl halides is 1. The molecule has 1 rings (SSSR count). The van der Waals surface area contributed by atoms with Crippen molar-refractivity contribution in [1.82, 2.24) is 5.32 Å². The van der Waals surface area contributed by atoms with Gasteiger partial charge in [0.15, 0.2) is 0 Å². The SMILES string of the molecule is CCCCCSC1C(=O)NC(=O)C1SCCCCCI. The maximum atomic E-state index is 11.8. The van der Waals surface area contributed by atoms with E-state index in [1.807, 2.05) is 0 Å². The van der Waals surface area contributed by atoms with E-state index in [1.165, 1.54) is 30.1 Å². The summed E-state index contributed by atoms with van der Waals surface area (Å²) in [6.45, 7) is 2.17. The molecule has 1 fully saturated rings. The Morgan fingerprint density at radius 2 is 1.50 bits per heavy atom. The molecule has 3 nitrogen and oxygen atoms in total. The third-order valence-corrected chi connectivity index (χ3v) is 6.83. The predicted octanol–water partition coefficient (Wildman–Crippen LogP) is 3.64. The number of amides is 2. The molecule has 1 heterocycles. The second-order valence-corrected chi connectivity index (χ2v) is 8.47. The van der Waals surface area contributed by atoms with Crippen molar-refractivity contribution in [1.29, 1.82) is 0 Å². The highest BCUT2D eigenvalue weighted by molar-refractivity contribution is 14.1. The highest BCUT2D eigenvalue weighted by Crippen LogP contribution is 2.30. The van der Waals surface area contributed by atoms with Gasteiger partial charge in [-0.15, -0.1) is 23.5 Å². The van der Waals surface area contributed by atoms with E-state index in [-0.39, 0.29) is 22.3 Å². The first-order valence-corrected chi connectivity index (χ1v) is 11.0. The molecule has 0 aromatic heterocycles. The first-order valence-electron chi connectivity index (χ1n) is 7.34. The normalized spacial score (nSPS) is 22.3. The average molecular weight is 429 g/mol. The van der Waals surface area contributed by atoms with Crippen LogP contribution < -0.4 is 5.32 Å². The number of hydrogen-bond acceptors (Lipinski definition) is 4. The lowest BCUT2D eigenvalue weighted by Crippen LogP contribution is -2.24. The molecule has 0 saturated carbocycles. The molecule has 0 aromatic carbocycles. The molecule has 0 aliphatic carbocycles. The van der Waals surface area contributed by atoms with Crippen molar-refractivity contribution in [3.05, 3.63) is 0 Å². The molecule has 20 heavy (non-hydrogen) atoms. The molecule has 0 spiro atoms. The minimum Gasteiger partial charge on any atom is -0.294 e. The number of unbranched alkanes of at least 4 members (excludes halogenated alkanes) is 4. The first-order chi connectivity index (χ1) is 9.70. The second-order valence-electron chi connectivity index (χ2n) is 4.89. The number of nitrogens with one attached hydrogen (secondary N) is 1. The van der Waals surface area contributed by atoms with Crippen molar-refractivity contribution in [2.45, 2.75) is 55.9 Å². The van der Waals surface area contributed by atoms with Crippen LogP contribution in [-0.2, 0) is 9.59 Å². The van der Waals surface area contributed by atoms with Gasteiger partial charge >= 0.3 is 0 Å². The second kappa shape index (κ2) is 11.2. The maximum Gasteiger partial charge on any atom is 0.241 e. The zero-order chi connectivity index (χ0) is 14.8. The molecule has 2 atom stereocenters. The Balaban J connectivity index is 2.31. The molecule has 1 N–H and O–H groups in total. The summed E-state index contributed by atoms with van der Waals surface area (Å²) in [5.74, 6) is 1.79. The summed E-state index contributed by atoms with van der Waals surface area (Å²) in [6.07, 6.45) is 7.11. The van der Waals surface area contributed by atoms with Crippen molar-refractivity contribution in [2.24, 2.45) is 0 Å². The Morgan fingerprint density at radius 3 is 2.00 bits per heavy atom. The number of carbonyl (C=O) groups is 2. The van der Waals surface area contributed by atoms with Crippen LogP contribution in [-0.4, -0.2) is 38.2 Å². The highest BCUT2D eigenvalue weighted by Gasteiger charge is 2.41. The largest absolute Gasteiger partial charge is 0.294 e. The molecule has 2 amide bonds. The summed E-state index contributed by atoms with van der Waals surface area (Å²) in [7, 11) is 0. The summed E-state index contributed by atoms with van der Waals surface area (Å²) in [4.78, 5) is 23.7. The van der Waals surface area contributed by atoms with Gasteiger partial charge in [0.05, 0.1) is 0 Å². The van der Waals surface area contributed by atoms with Gasteiger partial charge in [-0.25, -0.2) is 0 Å². The minimum absolute atomic E-state index is 0.0816. The van der Waals surface area contributed by atoms with Crippen molar-refractivity contribution < 1.29 is 9.59 Å². The number of rotatable bonds is 11. The van der Waals surface area contributed by atoms with Crippen LogP contribution in [0.4, 0.5) is 0 Å². The van der Waals surface area contributed by atoms with Gasteiger partial charge in [0, 0.05) is 0 Å². The quantitative estimate of drug-likeness (QED) is 0.236. The van der Waals surface area contributed by atoms with Gasteiger partial charge in [-0.05, 0) is 35.2 Å². The van der Waals surface area contributed by atoms with Gasteiger partial charge in [0.1, 0.15) is 10.5 Å². The standard InChI is InChI=1S/C14H24INO2S2/c1-2-3-6-9-19-11-12(14(18)16-13(11)17)20-10-7-4-5-8-15/h11-12H,2-10H2,1H3,(H,16,17,18).